The Hall–Kier alpha value is -2.01. The number of nitrogens with zero attached hydrogens (tertiary/aromatic N) is 1. The topological polar surface area (TPSA) is 50.8 Å². The first-order chi connectivity index (χ1) is 11.6. The van der Waals surface area contributed by atoms with Crippen molar-refractivity contribution in [3.05, 3.63) is 36.4 Å². The Kier molecular flexibility index (Phi) is 7.12. The summed E-state index contributed by atoms with van der Waals surface area (Å²) in [7, 11) is 1.70. The number of nitrogens with one attached hydrogen (secondary N) is 1. The molecule has 5 nitrogen and oxygen atoms in total. The third-order valence-electron chi connectivity index (χ3n) is 4.13. The summed E-state index contributed by atoms with van der Waals surface area (Å²) in [6, 6.07) is 7.66. The van der Waals surface area contributed by atoms with Crippen LogP contribution in [-0.2, 0) is 4.74 Å². The molecule has 1 atom stereocenters. The van der Waals surface area contributed by atoms with E-state index < -0.39 is 0 Å². The minimum atomic E-state index is -0.0357. The van der Waals surface area contributed by atoms with Gasteiger partial charge in [0.05, 0.1) is 0 Å². The lowest BCUT2D eigenvalue weighted by Crippen LogP contribution is -2.46. The molecule has 0 saturated carbocycles. The Morgan fingerprint density at radius 1 is 1.33 bits per heavy atom. The van der Waals surface area contributed by atoms with Crippen molar-refractivity contribution in [1.29, 1.82) is 0 Å². The molecule has 0 bridgehead atoms. The second kappa shape index (κ2) is 9.33. The number of rotatable bonds is 7. The molecule has 1 N–H and O–H groups in total. The van der Waals surface area contributed by atoms with Crippen LogP contribution in [0, 0.1) is 0 Å². The first-order valence-corrected chi connectivity index (χ1v) is 8.54. The highest BCUT2D eigenvalue weighted by Gasteiger charge is 2.26. The quantitative estimate of drug-likeness (QED) is 0.766. The number of amides is 2. The molecule has 0 spiro atoms. The Morgan fingerprint density at radius 2 is 2.08 bits per heavy atom. The van der Waals surface area contributed by atoms with Crippen LogP contribution < -0.4 is 10.1 Å². The monoisotopic (exact) mass is 332 g/mol. The lowest BCUT2D eigenvalue weighted by atomic mass is 10.00. The van der Waals surface area contributed by atoms with Gasteiger partial charge in [-0.2, -0.15) is 0 Å². The molecule has 1 aromatic carbocycles. The SMILES string of the molecule is C=C(C)COc1ccc(NC(=O)N2CCCCC2CCOC)cc1. The summed E-state index contributed by atoms with van der Waals surface area (Å²) in [4.78, 5) is 14.5. The third kappa shape index (κ3) is 5.57. The van der Waals surface area contributed by atoms with E-state index >= 15 is 0 Å². The number of anilines is 1. The van der Waals surface area contributed by atoms with Crippen LogP contribution in [0.3, 0.4) is 0 Å². The number of hydrogen-bond acceptors (Lipinski definition) is 3. The Labute approximate surface area is 144 Å². The van der Waals surface area contributed by atoms with Crippen LogP contribution in [0.15, 0.2) is 36.4 Å². The fourth-order valence-electron chi connectivity index (χ4n) is 2.86. The van der Waals surface area contributed by atoms with E-state index in [1.165, 1.54) is 6.42 Å². The maximum atomic E-state index is 12.6. The van der Waals surface area contributed by atoms with Crippen molar-refractivity contribution in [2.45, 2.75) is 38.6 Å². The maximum absolute atomic E-state index is 12.6. The van der Waals surface area contributed by atoms with Gasteiger partial charge < -0.3 is 19.7 Å². The van der Waals surface area contributed by atoms with Crippen molar-refractivity contribution >= 4 is 11.7 Å². The first-order valence-electron chi connectivity index (χ1n) is 8.54. The van der Waals surface area contributed by atoms with Crippen molar-refractivity contribution in [1.82, 2.24) is 4.90 Å². The smallest absolute Gasteiger partial charge is 0.322 e. The molecule has 1 aromatic rings. The van der Waals surface area contributed by atoms with Crippen LogP contribution in [0.2, 0.25) is 0 Å². The fourth-order valence-corrected chi connectivity index (χ4v) is 2.86. The lowest BCUT2D eigenvalue weighted by molar-refractivity contribution is 0.123. The Bertz CT molecular complexity index is 542. The Morgan fingerprint density at radius 3 is 2.75 bits per heavy atom. The zero-order valence-corrected chi connectivity index (χ0v) is 14.7. The van der Waals surface area contributed by atoms with Crippen LogP contribution in [0.25, 0.3) is 0 Å². The molecule has 1 saturated heterocycles. The van der Waals surface area contributed by atoms with E-state index in [-0.39, 0.29) is 12.1 Å². The number of ether oxygens (including phenoxy) is 2. The molecule has 1 fully saturated rings. The number of benzene rings is 1. The van der Waals surface area contributed by atoms with Crippen molar-refractivity contribution in [3.63, 3.8) is 0 Å². The summed E-state index contributed by atoms with van der Waals surface area (Å²) in [5.41, 5.74) is 1.75. The zero-order chi connectivity index (χ0) is 17.4. The van der Waals surface area contributed by atoms with E-state index in [0.29, 0.717) is 13.2 Å². The van der Waals surface area contributed by atoms with Crippen LogP contribution >= 0.6 is 0 Å². The number of carbonyl (C=O) groups excluding carboxylic acids is 1. The van der Waals surface area contributed by atoms with E-state index in [1.54, 1.807) is 7.11 Å². The van der Waals surface area contributed by atoms with E-state index in [2.05, 4.69) is 11.9 Å². The number of likely N-dealkylation sites (tertiary alicyclic amines) is 1. The second-order valence-corrected chi connectivity index (χ2v) is 6.32. The van der Waals surface area contributed by atoms with Gasteiger partial charge in [0.1, 0.15) is 12.4 Å². The van der Waals surface area contributed by atoms with Gasteiger partial charge in [-0.15, -0.1) is 0 Å². The molecule has 2 rings (SSSR count). The Balaban J connectivity index is 1.91. The molecular weight excluding hydrogens is 304 g/mol. The highest BCUT2D eigenvalue weighted by Crippen LogP contribution is 2.22. The number of carbonyl (C=O) groups is 1. The summed E-state index contributed by atoms with van der Waals surface area (Å²) in [5.74, 6) is 0.770. The van der Waals surface area contributed by atoms with Crippen LogP contribution in [-0.4, -0.2) is 43.8 Å². The number of urea groups is 1. The van der Waals surface area contributed by atoms with Gasteiger partial charge in [0.2, 0.25) is 0 Å². The van der Waals surface area contributed by atoms with Crippen molar-refractivity contribution in [2.24, 2.45) is 0 Å². The summed E-state index contributed by atoms with van der Waals surface area (Å²) >= 11 is 0. The predicted octanol–water partition coefficient (Wildman–Crippen LogP) is 4.06. The summed E-state index contributed by atoms with van der Waals surface area (Å²) < 4.78 is 10.7. The van der Waals surface area contributed by atoms with E-state index in [9.17, 15) is 4.79 Å². The number of hydrogen-bond donors (Lipinski definition) is 1. The van der Waals surface area contributed by atoms with Gasteiger partial charge in [-0.05, 0) is 62.4 Å². The van der Waals surface area contributed by atoms with Crippen molar-refractivity contribution < 1.29 is 14.3 Å². The van der Waals surface area contributed by atoms with E-state index in [4.69, 9.17) is 9.47 Å². The minimum absolute atomic E-state index is 0.0357. The predicted molar refractivity (Wildman–Crippen MR) is 96.6 cm³/mol. The normalized spacial score (nSPS) is 17.4. The van der Waals surface area contributed by atoms with Crippen molar-refractivity contribution in [2.75, 3.05) is 32.2 Å². The largest absolute Gasteiger partial charge is 0.489 e. The minimum Gasteiger partial charge on any atom is -0.489 e. The molecular formula is C19H28N2O3. The van der Waals surface area contributed by atoms with Gasteiger partial charge in [-0.3, -0.25) is 0 Å². The van der Waals surface area contributed by atoms with Gasteiger partial charge in [0, 0.05) is 32.0 Å². The molecule has 1 aliphatic heterocycles. The standard InChI is InChI=1S/C19H28N2O3/c1-15(2)14-24-18-9-7-16(8-10-18)20-19(22)21-12-5-4-6-17(21)11-13-23-3/h7-10,17H,1,4-6,11-14H2,2-3H3,(H,20,22). The second-order valence-electron chi connectivity index (χ2n) is 6.32. The van der Waals surface area contributed by atoms with Gasteiger partial charge in [-0.1, -0.05) is 6.58 Å². The highest BCUT2D eigenvalue weighted by atomic mass is 16.5. The molecule has 5 heteroatoms. The molecule has 1 unspecified atom stereocenters. The molecule has 2 amide bonds. The number of methoxy groups -OCH3 is 1. The lowest BCUT2D eigenvalue weighted by Gasteiger charge is -2.35. The molecule has 0 aliphatic carbocycles. The van der Waals surface area contributed by atoms with Crippen molar-refractivity contribution in [3.8, 4) is 5.75 Å². The molecule has 0 aromatic heterocycles. The summed E-state index contributed by atoms with van der Waals surface area (Å²) in [6.07, 6.45) is 4.17. The maximum Gasteiger partial charge on any atom is 0.322 e. The van der Waals surface area contributed by atoms with Gasteiger partial charge >= 0.3 is 6.03 Å². The molecule has 1 heterocycles. The van der Waals surface area contributed by atoms with E-state index in [1.807, 2.05) is 36.1 Å². The summed E-state index contributed by atoms with van der Waals surface area (Å²) in [5, 5.41) is 2.98. The van der Waals surface area contributed by atoms with Gasteiger partial charge in [-0.25, -0.2) is 4.79 Å². The average Bonchev–Trinajstić information content (AvgIpc) is 2.59. The molecule has 24 heavy (non-hydrogen) atoms. The summed E-state index contributed by atoms with van der Waals surface area (Å²) in [6.45, 7) is 7.72. The molecule has 1 aliphatic rings. The zero-order valence-electron chi connectivity index (χ0n) is 14.7. The van der Waals surface area contributed by atoms with E-state index in [0.717, 1.165) is 42.8 Å². The number of piperidine rings is 1. The first kappa shape index (κ1) is 18.3. The average molecular weight is 332 g/mol. The van der Waals surface area contributed by atoms with Crippen LogP contribution in [0.5, 0.6) is 5.75 Å². The third-order valence-corrected chi connectivity index (χ3v) is 4.13. The van der Waals surface area contributed by atoms with Gasteiger partial charge in [0.15, 0.2) is 0 Å². The van der Waals surface area contributed by atoms with Crippen LogP contribution in [0.4, 0.5) is 10.5 Å². The molecule has 132 valence electrons. The van der Waals surface area contributed by atoms with Gasteiger partial charge in [0.25, 0.3) is 0 Å². The van der Waals surface area contributed by atoms with Crippen LogP contribution in [0.1, 0.15) is 32.6 Å². The fraction of sp³-hybridized carbons (Fsp3) is 0.526. The highest BCUT2D eigenvalue weighted by molar-refractivity contribution is 5.89. The molecule has 0 radical (unpaired) electrons.